The van der Waals surface area contributed by atoms with Gasteiger partial charge in [-0.05, 0) is 17.0 Å². The summed E-state index contributed by atoms with van der Waals surface area (Å²) < 4.78 is 5.24. The molecule has 0 unspecified atom stereocenters. The molecular weight excluding hydrogens is 366 g/mol. The second-order valence-corrected chi connectivity index (χ2v) is 13.2. The van der Waals surface area contributed by atoms with Gasteiger partial charge in [0.25, 0.3) is 0 Å². The van der Waals surface area contributed by atoms with Crippen LogP contribution in [-0.4, -0.2) is 31.6 Å². The Balaban J connectivity index is 1.85. The molecule has 2 aromatic rings. The summed E-state index contributed by atoms with van der Waals surface area (Å²) in [5.41, 5.74) is 1.16. The number of rotatable bonds is 6. The standard InChI is InChI=1S/C23H29NO3Si/c1-17(2)21(28(3,4)19-13-9-6-10-14-19)15-22(25)24-20(16-27-23(24)26)18-11-7-5-8-12-18/h5-14,17,20-21H,15-16H2,1-4H3/t20-,21+/m1/s1. The molecular formula is C23H29NO3Si. The first-order valence-corrected chi connectivity index (χ1v) is 13.0. The monoisotopic (exact) mass is 395 g/mol. The highest BCUT2D eigenvalue weighted by molar-refractivity contribution is 6.91. The minimum Gasteiger partial charge on any atom is -0.446 e. The number of hydrogen-bond donors (Lipinski definition) is 0. The van der Waals surface area contributed by atoms with E-state index in [2.05, 4.69) is 51.2 Å². The Morgan fingerprint density at radius 1 is 1.07 bits per heavy atom. The molecule has 1 heterocycles. The summed E-state index contributed by atoms with van der Waals surface area (Å²) in [4.78, 5) is 27.0. The van der Waals surface area contributed by atoms with Crippen LogP contribution in [0.2, 0.25) is 18.6 Å². The molecule has 0 aromatic heterocycles. The van der Waals surface area contributed by atoms with E-state index < -0.39 is 14.2 Å². The maximum Gasteiger partial charge on any atom is 0.417 e. The Labute approximate surface area is 168 Å². The summed E-state index contributed by atoms with van der Waals surface area (Å²) in [7, 11) is -1.91. The lowest BCUT2D eigenvalue weighted by atomic mass is 10.0. The minimum absolute atomic E-state index is 0.133. The fourth-order valence-electron chi connectivity index (χ4n) is 4.31. The number of benzene rings is 2. The van der Waals surface area contributed by atoms with Crippen molar-refractivity contribution in [2.24, 2.45) is 5.92 Å². The summed E-state index contributed by atoms with van der Waals surface area (Å²) in [5.74, 6) is 0.214. The van der Waals surface area contributed by atoms with Gasteiger partial charge in [-0.1, -0.05) is 92.8 Å². The van der Waals surface area contributed by atoms with Gasteiger partial charge in [0.1, 0.15) is 12.6 Å². The van der Waals surface area contributed by atoms with Crippen LogP contribution in [0.5, 0.6) is 0 Å². The molecule has 0 spiro atoms. The van der Waals surface area contributed by atoms with Crippen molar-refractivity contribution >= 4 is 25.3 Å². The Kier molecular flexibility index (Phi) is 6.03. The van der Waals surface area contributed by atoms with Gasteiger partial charge in [0.2, 0.25) is 5.91 Å². The summed E-state index contributed by atoms with van der Waals surface area (Å²) in [5, 5.41) is 1.34. The summed E-state index contributed by atoms with van der Waals surface area (Å²) in [6.07, 6.45) is -0.162. The molecule has 1 saturated heterocycles. The highest BCUT2D eigenvalue weighted by atomic mass is 28.3. The zero-order chi connectivity index (χ0) is 20.3. The van der Waals surface area contributed by atoms with Crippen LogP contribution in [0.3, 0.4) is 0 Å². The third-order valence-electron chi connectivity index (χ3n) is 5.97. The summed E-state index contributed by atoms with van der Waals surface area (Å²) >= 11 is 0. The maximum absolute atomic E-state index is 13.3. The Morgan fingerprint density at radius 3 is 2.21 bits per heavy atom. The van der Waals surface area contributed by atoms with Crippen LogP contribution in [-0.2, 0) is 9.53 Å². The van der Waals surface area contributed by atoms with Gasteiger partial charge in [0, 0.05) is 6.42 Å². The van der Waals surface area contributed by atoms with Gasteiger partial charge in [0.05, 0.1) is 8.07 Å². The molecule has 148 valence electrons. The van der Waals surface area contributed by atoms with Crippen molar-refractivity contribution in [3.05, 3.63) is 66.2 Å². The molecule has 3 rings (SSSR count). The second kappa shape index (κ2) is 8.31. The molecule has 0 saturated carbocycles. The van der Waals surface area contributed by atoms with Crippen molar-refractivity contribution in [1.29, 1.82) is 0 Å². The molecule has 2 aromatic carbocycles. The number of cyclic esters (lactones) is 1. The number of nitrogens with zero attached hydrogens (tertiary/aromatic N) is 1. The molecule has 5 heteroatoms. The third-order valence-corrected chi connectivity index (χ3v) is 10.5. The molecule has 0 bridgehead atoms. The lowest BCUT2D eigenvalue weighted by molar-refractivity contribution is -0.129. The molecule has 4 nitrogen and oxygen atoms in total. The average molecular weight is 396 g/mol. The fourth-order valence-corrected chi connectivity index (χ4v) is 8.14. The Hall–Kier alpha value is -2.40. The zero-order valence-corrected chi connectivity index (χ0v) is 18.1. The smallest absolute Gasteiger partial charge is 0.417 e. The van der Waals surface area contributed by atoms with Crippen LogP contribution in [0.25, 0.3) is 0 Å². The Bertz CT molecular complexity index is 820. The summed E-state index contributed by atoms with van der Waals surface area (Å²) in [6.45, 7) is 9.20. The van der Waals surface area contributed by atoms with E-state index in [4.69, 9.17) is 4.74 Å². The highest BCUT2D eigenvalue weighted by Crippen LogP contribution is 2.36. The van der Waals surface area contributed by atoms with Crippen molar-refractivity contribution in [2.45, 2.75) is 44.9 Å². The number of ether oxygens (including phenoxy) is 1. The van der Waals surface area contributed by atoms with Crippen LogP contribution in [0.1, 0.15) is 31.9 Å². The Morgan fingerprint density at radius 2 is 1.64 bits per heavy atom. The number of carbonyl (C=O) groups is 2. The number of carbonyl (C=O) groups excluding carboxylic acids is 2. The van der Waals surface area contributed by atoms with Crippen molar-refractivity contribution in [1.82, 2.24) is 4.90 Å². The zero-order valence-electron chi connectivity index (χ0n) is 17.1. The van der Waals surface area contributed by atoms with E-state index in [-0.39, 0.29) is 24.1 Å². The van der Waals surface area contributed by atoms with Crippen LogP contribution in [0.15, 0.2) is 60.7 Å². The van der Waals surface area contributed by atoms with E-state index in [1.165, 1.54) is 10.1 Å². The number of hydrogen-bond acceptors (Lipinski definition) is 3. The van der Waals surface area contributed by atoms with Gasteiger partial charge in [-0.2, -0.15) is 0 Å². The fraction of sp³-hybridized carbons (Fsp3) is 0.391. The lowest BCUT2D eigenvalue weighted by Crippen LogP contribution is -2.49. The van der Waals surface area contributed by atoms with Crippen LogP contribution in [0, 0.1) is 5.92 Å². The van der Waals surface area contributed by atoms with E-state index in [1.54, 1.807) is 0 Å². The summed E-state index contributed by atoms with van der Waals surface area (Å²) in [6, 6.07) is 19.8. The van der Waals surface area contributed by atoms with E-state index in [9.17, 15) is 9.59 Å². The first-order valence-electron chi connectivity index (χ1n) is 9.91. The third kappa shape index (κ3) is 4.04. The van der Waals surface area contributed by atoms with Gasteiger partial charge in [-0.15, -0.1) is 0 Å². The molecule has 2 atom stereocenters. The molecule has 28 heavy (non-hydrogen) atoms. The molecule has 1 fully saturated rings. The second-order valence-electron chi connectivity index (χ2n) is 8.41. The van der Waals surface area contributed by atoms with E-state index in [0.29, 0.717) is 12.3 Å². The molecule has 0 radical (unpaired) electrons. The predicted octanol–water partition coefficient (Wildman–Crippen LogP) is 4.74. The van der Waals surface area contributed by atoms with Gasteiger partial charge in [0.15, 0.2) is 0 Å². The van der Waals surface area contributed by atoms with Crippen molar-refractivity contribution in [2.75, 3.05) is 6.61 Å². The normalized spacial score (nSPS) is 18.2. The van der Waals surface area contributed by atoms with Crippen molar-refractivity contribution in [3.63, 3.8) is 0 Å². The molecule has 0 aliphatic carbocycles. The number of amides is 2. The van der Waals surface area contributed by atoms with Gasteiger partial charge < -0.3 is 4.74 Å². The SMILES string of the molecule is CC(C)[C@H](CC(=O)N1C(=O)OC[C@@H]1c1ccccc1)[Si](C)(C)c1ccccc1. The van der Waals surface area contributed by atoms with Gasteiger partial charge >= 0.3 is 6.09 Å². The molecule has 1 aliphatic heterocycles. The first-order chi connectivity index (χ1) is 13.3. The highest BCUT2D eigenvalue weighted by Gasteiger charge is 2.43. The van der Waals surface area contributed by atoms with Crippen LogP contribution >= 0.6 is 0 Å². The van der Waals surface area contributed by atoms with Crippen molar-refractivity contribution in [3.8, 4) is 0 Å². The quantitative estimate of drug-likeness (QED) is 0.664. The van der Waals surface area contributed by atoms with Crippen LogP contribution < -0.4 is 5.19 Å². The van der Waals surface area contributed by atoms with Gasteiger partial charge in [-0.25, -0.2) is 9.69 Å². The molecule has 2 amide bonds. The predicted molar refractivity (Wildman–Crippen MR) is 114 cm³/mol. The minimum atomic E-state index is -1.91. The van der Waals surface area contributed by atoms with Crippen molar-refractivity contribution < 1.29 is 14.3 Å². The van der Waals surface area contributed by atoms with E-state index in [1.807, 2.05) is 36.4 Å². The number of imide groups is 1. The maximum atomic E-state index is 13.3. The topological polar surface area (TPSA) is 46.6 Å². The average Bonchev–Trinajstić information content (AvgIpc) is 3.08. The first kappa shape index (κ1) is 20.3. The van der Waals surface area contributed by atoms with Gasteiger partial charge in [-0.3, -0.25) is 4.79 Å². The molecule has 1 aliphatic rings. The van der Waals surface area contributed by atoms with E-state index in [0.717, 1.165) is 5.56 Å². The van der Waals surface area contributed by atoms with Crippen LogP contribution in [0.4, 0.5) is 4.79 Å². The largest absolute Gasteiger partial charge is 0.446 e. The molecule has 0 N–H and O–H groups in total. The lowest BCUT2D eigenvalue weighted by Gasteiger charge is -2.36. The van der Waals surface area contributed by atoms with E-state index >= 15 is 0 Å².